The van der Waals surface area contributed by atoms with E-state index >= 15 is 0 Å². The highest BCUT2D eigenvalue weighted by atomic mass is 79.9. The fourth-order valence-electron chi connectivity index (χ4n) is 5.61. The first kappa shape index (κ1) is 34.4. The van der Waals surface area contributed by atoms with E-state index in [1.165, 1.54) is 0 Å². The normalized spacial score (nSPS) is 11.6. The molecule has 7 rings (SSSR count). The number of nitrogens with zero attached hydrogens (tertiary/aromatic N) is 3. The summed E-state index contributed by atoms with van der Waals surface area (Å²) in [6.45, 7) is 0. The van der Waals surface area contributed by atoms with Crippen molar-refractivity contribution >= 4 is 84.2 Å². The lowest BCUT2D eigenvalue weighted by atomic mass is 10.0. The molecule has 0 bridgehead atoms. The van der Waals surface area contributed by atoms with Gasteiger partial charge in [0.15, 0.2) is 0 Å². The van der Waals surface area contributed by atoms with Crippen LogP contribution in [0.1, 0.15) is 33.4 Å². The molecule has 3 heterocycles. The third-order valence-corrected chi connectivity index (χ3v) is 10.3. The van der Waals surface area contributed by atoms with E-state index in [1.54, 1.807) is 0 Å². The van der Waals surface area contributed by atoms with Crippen molar-refractivity contribution in [2.45, 2.75) is 0 Å². The van der Waals surface area contributed by atoms with Crippen molar-refractivity contribution in [2.24, 2.45) is 0 Å². The summed E-state index contributed by atoms with van der Waals surface area (Å²) in [4.78, 5) is 13.5. The Morgan fingerprint density at radius 3 is 0.902 bits per heavy atom. The minimum Gasteiger partial charge on any atom is -0.256 e. The number of halogens is 3. The second kappa shape index (κ2) is 16.3. The maximum absolute atomic E-state index is 4.50. The van der Waals surface area contributed by atoms with Crippen molar-refractivity contribution in [3.8, 4) is 33.8 Å². The van der Waals surface area contributed by atoms with Crippen LogP contribution in [0.2, 0.25) is 0 Å². The van der Waals surface area contributed by atoms with E-state index in [4.69, 9.17) is 0 Å². The molecule has 0 aliphatic rings. The molecule has 3 nitrogen and oxygen atoms in total. The molecule has 0 saturated carbocycles. The van der Waals surface area contributed by atoms with Gasteiger partial charge in [-0.25, -0.2) is 0 Å². The molecule has 0 atom stereocenters. The van der Waals surface area contributed by atoms with E-state index in [2.05, 4.69) is 172 Å². The first-order chi connectivity index (χ1) is 25.0. The lowest BCUT2D eigenvalue weighted by Crippen LogP contribution is -1.86. The Bertz CT molecular complexity index is 2110. The van der Waals surface area contributed by atoms with Crippen LogP contribution >= 0.6 is 47.8 Å². The molecular formula is C45H30Br3N3. The maximum atomic E-state index is 4.50. The van der Waals surface area contributed by atoms with Crippen LogP contribution in [0.3, 0.4) is 0 Å². The summed E-state index contributed by atoms with van der Waals surface area (Å²) in [5, 5.41) is 0. The van der Waals surface area contributed by atoms with Gasteiger partial charge >= 0.3 is 0 Å². The summed E-state index contributed by atoms with van der Waals surface area (Å²) in [5.74, 6) is 0. The van der Waals surface area contributed by atoms with E-state index in [0.29, 0.717) is 0 Å². The standard InChI is InChI=1S/C45H30Br3N3/c46-40-28-37(43-7-1-4-22-49-43)19-16-34(40)13-10-31-25-32(11-14-35-17-20-38(29-41(35)47)44-8-2-5-23-50-44)27-33(26-31)12-15-36-18-21-39(30-42(36)48)45-9-3-6-24-51-45/h1-30H/b13-10-,14-11-,15-12?. The van der Waals surface area contributed by atoms with Gasteiger partial charge in [0.05, 0.1) is 17.1 Å². The molecule has 0 aliphatic carbocycles. The van der Waals surface area contributed by atoms with Gasteiger partial charge in [-0.2, -0.15) is 0 Å². The highest BCUT2D eigenvalue weighted by Gasteiger charge is 2.06. The molecule has 246 valence electrons. The minimum atomic E-state index is 0.945. The molecular weight excluding hydrogens is 822 g/mol. The Morgan fingerprint density at radius 1 is 0.333 bits per heavy atom. The molecule has 0 N–H and O–H groups in total. The SMILES string of the molecule is Brc1cc(-c2ccccn2)ccc1C=Cc1cc(/C=C\c2ccc(-c3ccccn3)cc2Br)cc(/C=C\c2ccc(-c3ccccn3)cc2Br)c1. The van der Waals surface area contributed by atoms with Crippen molar-refractivity contribution in [2.75, 3.05) is 0 Å². The van der Waals surface area contributed by atoms with E-state index in [1.807, 2.05) is 73.2 Å². The number of pyridine rings is 3. The van der Waals surface area contributed by atoms with Crippen molar-refractivity contribution in [1.29, 1.82) is 0 Å². The van der Waals surface area contributed by atoms with Gasteiger partial charge in [-0.15, -0.1) is 0 Å². The highest BCUT2D eigenvalue weighted by molar-refractivity contribution is 9.11. The van der Waals surface area contributed by atoms with Crippen molar-refractivity contribution in [3.05, 3.63) is 193 Å². The molecule has 3 aromatic heterocycles. The smallest absolute Gasteiger partial charge is 0.0702 e. The number of aromatic nitrogens is 3. The average molecular weight is 852 g/mol. The van der Waals surface area contributed by atoms with Crippen LogP contribution in [0.5, 0.6) is 0 Å². The third kappa shape index (κ3) is 8.84. The largest absolute Gasteiger partial charge is 0.256 e. The summed E-state index contributed by atoms with van der Waals surface area (Å²) >= 11 is 11.4. The highest BCUT2D eigenvalue weighted by Crippen LogP contribution is 2.30. The number of rotatable bonds is 9. The van der Waals surface area contributed by atoms with E-state index in [0.717, 1.165) is 80.6 Å². The summed E-state index contributed by atoms with van der Waals surface area (Å²) in [5.41, 5.74) is 12.6. The van der Waals surface area contributed by atoms with Crippen LogP contribution in [-0.4, -0.2) is 15.0 Å². The molecule has 0 radical (unpaired) electrons. The zero-order valence-corrected chi connectivity index (χ0v) is 32.1. The van der Waals surface area contributed by atoms with Crippen LogP contribution in [-0.2, 0) is 0 Å². The first-order valence-corrected chi connectivity index (χ1v) is 18.7. The van der Waals surface area contributed by atoms with Gasteiger partial charge in [0.25, 0.3) is 0 Å². The second-order valence-corrected chi connectivity index (χ2v) is 14.3. The Kier molecular flexibility index (Phi) is 11.0. The van der Waals surface area contributed by atoms with Gasteiger partial charge in [0.2, 0.25) is 0 Å². The van der Waals surface area contributed by atoms with E-state index in [-0.39, 0.29) is 0 Å². The number of benzene rings is 4. The van der Waals surface area contributed by atoms with Crippen molar-refractivity contribution < 1.29 is 0 Å². The molecule has 0 spiro atoms. The molecule has 51 heavy (non-hydrogen) atoms. The van der Waals surface area contributed by atoms with Gasteiger partial charge < -0.3 is 0 Å². The Morgan fingerprint density at radius 2 is 0.647 bits per heavy atom. The monoisotopic (exact) mass is 849 g/mol. The number of hydrogen-bond donors (Lipinski definition) is 0. The molecule has 7 aromatic rings. The second-order valence-electron chi connectivity index (χ2n) is 11.8. The zero-order chi connectivity index (χ0) is 35.0. The summed E-state index contributed by atoms with van der Waals surface area (Å²) in [6.07, 6.45) is 18.3. The predicted molar refractivity (Wildman–Crippen MR) is 225 cm³/mol. The molecule has 0 amide bonds. The quantitative estimate of drug-likeness (QED) is 0.136. The minimum absolute atomic E-state index is 0.945. The van der Waals surface area contributed by atoms with Gasteiger partial charge in [0, 0.05) is 48.7 Å². The topological polar surface area (TPSA) is 38.7 Å². The van der Waals surface area contributed by atoms with Gasteiger partial charge in [-0.1, -0.05) is 139 Å². The average Bonchev–Trinajstić information content (AvgIpc) is 3.17. The van der Waals surface area contributed by atoms with Crippen LogP contribution in [0, 0.1) is 0 Å². The van der Waals surface area contributed by atoms with Crippen LogP contribution in [0.25, 0.3) is 70.2 Å². The zero-order valence-electron chi connectivity index (χ0n) is 27.3. The van der Waals surface area contributed by atoms with Gasteiger partial charge in [0.1, 0.15) is 0 Å². The summed E-state index contributed by atoms with van der Waals surface area (Å²) in [7, 11) is 0. The summed E-state index contributed by atoms with van der Waals surface area (Å²) < 4.78 is 3.03. The van der Waals surface area contributed by atoms with Crippen molar-refractivity contribution in [3.63, 3.8) is 0 Å². The predicted octanol–water partition coefficient (Wildman–Crippen LogP) is 13.7. The number of hydrogen-bond acceptors (Lipinski definition) is 3. The first-order valence-electron chi connectivity index (χ1n) is 16.3. The third-order valence-electron chi connectivity index (χ3n) is 8.25. The lowest BCUT2D eigenvalue weighted by molar-refractivity contribution is 1.32. The molecule has 0 aliphatic heterocycles. The lowest BCUT2D eigenvalue weighted by Gasteiger charge is -2.07. The molecule has 6 heteroatoms. The van der Waals surface area contributed by atoms with E-state index in [9.17, 15) is 0 Å². The van der Waals surface area contributed by atoms with Crippen LogP contribution in [0.15, 0.2) is 159 Å². The molecule has 0 fully saturated rings. The Balaban J connectivity index is 1.19. The molecule has 0 unspecified atom stereocenters. The maximum Gasteiger partial charge on any atom is 0.0702 e. The van der Waals surface area contributed by atoms with Gasteiger partial charge in [-0.3, -0.25) is 15.0 Å². The fraction of sp³-hybridized carbons (Fsp3) is 0. The molecule has 4 aromatic carbocycles. The fourth-order valence-corrected chi connectivity index (χ4v) is 7.15. The van der Waals surface area contributed by atoms with Crippen molar-refractivity contribution in [1.82, 2.24) is 15.0 Å². The van der Waals surface area contributed by atoms with Gasteiger partial charge in [-0.05, 0) is 106 Å². The Labute approximate surface area is 323 Å². The molecule has 0 saturated heterocycles. The summed E-state index contributed by atoms with van der Waals surface area (Å²) in [6, 6.07) is 43.5. The Hall–Kier alpha value is -5.01. The van der Waals surface area contributed by atoms with Crippen LogP contribution in [0.4, 0.5) is 0 Å². The van der Waals surface area contributed by atoms with E-state index < -0.39 is 0 Å². The van der Waals surface area contributed by atoms with Crippen LogP contribution < -0.4 is 0 Å².